The fourth-order valence-electron chi connectivity index (χ4n) is 2.99. The van der Waals surface area contributed by atoms with Crippen molar-refractivity contribution in [3.05, 3.63) is 18.2 Å². The molecule has 0 radical (unpaired) electrons. The van der Waals surface area contributed by atoms with Crippen LogP contribution in [-0.2, 0) is 25.6 Å². The molecule has 0 fully saturated rings. The van der Waals surface area contributed by atoms with Crippen molar-refractivity contribution in [2.24, 2.45) is 11.5 Å². The number of hydrogen-bond donors (Lipinski definition) is 9. The number of aliphatic hydroxyl groups is 2. The van der Waals surface area contributed by atoms with Crippen LogP contribution in [0.4, 0.5) is 0 Å². The number of H-pyrrole nitrogens is 1. The van der Waals surface area contributed by atoms with E-state index < -0.39 is 60.1 Å². The predicted octanol–water partition coefficient (Wildman–Crippen LogP) is -3.29. The van der Waals surface area contributed by atoms with E-state index in [0.717, 1.165) is 0 Å². The molecular weight excluding hydrogens is 450 g/mol. The molecule has 0 aromatic carbocycles. The summed E-state index contributed by atoms with van der Waals surface area (Å²) >= 11 is 0. The smallest absolute Gasteiger partial charge is 0.326 e. The number of aliphatic hydroxyl groups excluding tert-OH is 2. The van der Waals surface area contributed by atoms with Crippen molar-refractivity contribution >= 4 is 23.7 Å². The van der Waals surface area contributed by atoms with Crippen molar-refractivity contribution in [1.82, 2.24) is 25.9 Å². The number of nitrogens with two attached hydrogens (primary N) is 2. The largest absolute Gasteiger partial charge is 0.480 e. The number of aliphatic carboxylic acids is 1. The number of carboxylic acid groups (broad SMARTS) is 1. The second kappa shape index (κ2) is 14.2. The average Bonchev–Trinajstić information content (AvgIpc) is 3.28. The summed E-state index contributed by atoms with van der Waals surface area (Å²) in [6, 6.07) is -5.26. The standard InChI is InChI=1S/C20H35N7O7/c1-10(28)15(22)18(31)27-16(11(2)29)19(32)25-13(5-3-4-6-21)17(30)26-14(20(33)34)7-12-8-23-9-24-12/h8-11,13-16,28-29H,3-7,21-22H2,1-2H3,(H,23,24)(H,25,32)(H,26,30)(H,27,31)(H,33,34). The van der Waals surface area contributed by atoms with Gasteiger partial charge in [-0.15, -0.1) is 0 Å². The van der Waals surface area contributed by atoms with Crippen LogP contribution in [0.5, 0.6) is 0 Å². The molecule has 14 heteroatoms. The van der Waals surface area contributed by atoms with Gasteiger partial charge in [0.2, 0.25) is 17.7 Å². The maximum atomic E-state index is 12.9. The molecule has 192 valence electrons. The number of unbranched alkanes of at least 4 members (excludes halogenated alkanes) is 1. The van der Waals surface area contributed by atoms with Gasteiger partial charge in [-0.05, 0) is 39.7 Å². The summed E-state index contributed by atoms with van der Waals surface area (Å²) in [7, 11) is 0. The molecule has 1 rings (SSSR count). The zero-order valence-electron chi connectivity index (χ0n) is 19.2. The molecule has 34 heavy (non-hydrogen) atoms. The third-order valence-corrected chi connectivity index (χ3v) is 5.06. The number of nitrogens with zero attached hydrogens (tertiary/aromatic N) is 1. The number of hydrogen-bond acceptors (Lipinski definition) is 9. The molecule has 0 aliphatic rings. The summed E-state index contributed by atoms with van der Waals surface area (Å²) in [5.41, 5.74) is 11.5. The number of imidazole rings is 1. The summed E-state index contributed by atoms with van der Waals surface area (Å²) in [4.78, 5) is 56.0. The van der Waals surface area contributed by atoms with Gasteiger partial charge in [0.25, 0.3) is 0 Å². The highest BCUT2D eigenvalue weighted by atomic mass is 16.4. The van der Waals surface area contributed by atoms with Crippen LogP contribution in [0.25, 0.3) is 0 Å². The Hall–Kier alpha value is -3.07. The van der Waals surface area contributed by atoms with E-state index in [4.69, 9.17) is 11.5 Å². The molecule has 0 bridgehead atoms. The first-order valence-electron chi connectivity index (χ1n) is 10.9. The van der Waals surface area contributed by atoms with Crippen molar-refractivity contribution in [3.8, 4) is 0 Å². The van der Waals surface area contributed by atoms with Crippen LogP contribution in [0.15, 0.2) is 12.5 Å². The normalized spacial score (nSPS) is 16.4. The summed E-state index contributed by atoms with van der Waals surface area (Å²) in [6.45, 7) is 2.90. The summed E-state index contributed by atoms with van der Waals surface area (Å²) < 4.78 is 0. The molecule has 0 aliphatic heterocycles. The molecule has 0 aliphatic carbocycles. The molecule has 14 nitrogen and oxygen atoms in total. The number of nitrogens with one attached hydrogen (secondary N) is 4. The maximum Gasteiger partial charge on any atom is 0.326 e. The molecule has 0 saturated heterocycles. The predicted molar refractivity (Wildman–Crippen MR) is 120 cm³/mol. The number of carbonyl (C=O) groups excluding carboxylic acids is 3. The Bertz CT molecular complexity index is 801. The van der Waals surface area contributed by atoms with Crippen molar-refractivity contribution in [1.29, 1.82) is 0 Å². The van der Waals surface area contributed by atoms with Crippen molar-refractivity contribution in [2.45, 2.75) is 75.9 Å². The summed E-state index contributed by atoms with van der Waals surface area (Å²) in [5.74, 6) is -3.79. The second-order valence-corrected chi connectivity index (χ2v) is 8.02. The van der Waals surface area contributed by atoms with Crippen LogP contribution >= 0.6 is 0 Å². The lowest BCUT2D eigenvalue weighted by atomic mass is 10.0. The van der Waals surface area contributed by atoms with Gasteiger partial charge in [-0.1, -0.05) is 0 Å². The number of aromatic nitrogens is 2. The van der Waals surface area contributed by atoms with E-state index in [1.54, 1.807) is 0 Å². The lowest BCUT2D eigenvalue weighted by molar-refractivity contribution is -0.142. The van der Waals surface area contributed by atoms with Gasteiger partial charge in [0, 0.05) is 18.3 Å². The highest BCUT2D eigenvalue weighted by molar-refractivity contribution is 5.94. The molecule has 1 heterocycles. The molecule has 6 atom stereocenters. The first-order valence-corrected chi connectivity index (χ1v) is 10.9. The number of rotatable bonds is 15. The zero-order chi connectivity index (χ0) is 25.8. The van der Waals surface area contributed by atoms with Gasteiger partial charge in [-0.2, -0.15) is 0 Å². The molecule has 3 amide bonds. The molecule has 1 aromatic heterocycles. The van der Waals surface area contributed by atoms with Crippen molar-refractivity contribution in [3.63, 3.8) is 0 Å². The fraction of sp³-hybridized carbons (Fsp3) is 0.650. The quantitative estimate of drug-likeness (QED) is 0.112. The number of carboxylic acids is 1. The number of carbonyl (C=O) groups is 4. The van der Waals surface area contributed by atoms with Crippen LogP contribution in [0.1, 0.15) is 38.8 Å². The Balaban J connectivity index is 2.96. The topological polar surface area (TPSA) is 246 Å². The third-order valence-electron chi connectivity index (χ3n) is 5.06. The van der Waals surface area contributed by atoms with Crippen LogP contribution in [0, 0.1) is 0 Å². The first kappa shape index (κ1) is 29.0. The van der Waals surface area contributed by atoms with E-state index in [1.165, 1.54) is 26.4 Å². The molecular formula is C20H35N7O7. The fourth-order valence-corrected chi connectivity index (χ4v) is 2.99. The van der Waals surface area contributed by atoms with Gasteiger partial charge in [0.05, 0.1) is 18.5 Å². The highest BCUT2D eigenvalue weighted by Crippen LogP contribution is 2.06. The minimum absolute atomic E-state index is 0.0614. The van der Waals surface area contributed by atoms with Crippen LogP contribution < -0.4 is 27.4 Å². The number of amides is 3. The van der Waals surface area contributed by atoms with E-state index in [9.17, 15) is 34.5 Å². The van der Waals surface area contributed by atoms with Gasteiger partial charge in [0.1, 0.15) is 24.2 Å². The van der Waals surface area contributed by atoms with Gasteiger partial charge >= 0.3 is 5.97 Å². The third kappa shape index (κ3) is 9.43. The lowest BCUT2D eigenvalue weighted by Gasteiger charge is -2.26. The van der Waals surface area contributed by atoms with Gasteiger partial charge in [-0.3, -0.25) is 14.4 Å². The Morgan fingerprint density at radius 3 is 2.15 bits per heavy atom. The molecule has 0 spiro atoms. The summed E-state index contributed by atoms with van der Waals surface area (Å²) in [6.07, 6.45) is 1.32. The minimum atomic E-state index is -1.47. The maximum absolute atomic E-state index is 12.9. The number of aromatic amines is 1. The van der Waals surface area contributed by atoms with Crippen LogP contribution in [-0.4, -0.2) is 91.9 Å². The lowest BCUT2D eigenvalue weighted by Crippen LogP contribution is -2.60. The average molecular weight is 486 g/mol. The van der Waals surface area contributed by atoms with Crippen molar-refractivity contribution in [2.75, 3.05) is 6.54 Å². The summed E-state index contributed by atoms with van der Waals surface area (Å²) in [5, 5.41) is 36.1. The van der Waals surface area contributed by atoms with E-state index in [0.29, 0.717) is 25.1 Å². The first-order chi connectivity index (χ1) is 16.0. The van der Waals surface area contributed by atoms with Crippen molar-refractivity contribution < 1.29 is 34.5 Å². The van der Waals surface area contributed by atoms with E-state index >= 15 is 0 Å². The second-order valence-electron chi connectivity index (χ2n) is 8.02. The molecule has 1 aromatic rings. The molecule has 11 N–H and O–H groups in total. The highest BCUT2D eigenvalue weighted by Gasteiger charge is 2.33. The van der Waals surface area contributed by atoms with Gasteiger partial charge in [0.15, 0.2) is 0 Å². The molecule has 6 unspecified atom stereocenters. The van der Waals surface area contributed by atoms with Crippen LogP contribution in [0.3, 0.4) is 0 Å². The Morgan fingerprint density at radius 1 is 1.00 bits per heavy atom. The Morgan fingerprint density at radius 2 is 1.65 bits per heavy atom. The monoisotopic (exact) mass is 485 g/mol. The van der Waals surface area contributed by atoms with Gasteiger partial charge < -0.3 is 47.7 Å². The Labute approximate surface area is 196 Å². The minimum Gasteiger partial charge on any atom is -0.480 e. The van der Waals surface area contributed by atoms with Crippen LogP contribution in [0.2, 0.25) is 0 Å². The van der Waals surface area contributed by atoms with E-state index in [-0.39, 0.29) is 12.8 Å². The molecule has 0 saturated carbocycles. The zero-order valence-corrected chi connectivity index (χ0v) is 19.2. The van der Waals surface area contributed by atoms with E-state index in [1.807, 2.05) is 0 Å². The van der Waals surface area contributed by atoms with Gasteiger partial charge in [-0.25, -0.2) is 9.78 Å². The Kier molecular flexibility index (Phi) is 12.1. The van der Waals surface area contributed by atoms with E-state index in [2.05, 4.69) is 25.9 Å². The SMILES string of the molecule is CC(O)C(N)C(=O)NC(C(=O)NC(CCCCN)C(=O)NC(Cc1cnc[nH]1)C(=O)O)C(C)O.